The monoisotopic (exact) mass is 384 g/mol. The number of anilines is 1. The zero-order valence-corrected chi connectivity index (χ0v) is 15.0. The van der Waals surface area contributed by atoms with Gasteiger partial charge in [0.2, 0.25) is 0 Å². The summed E-state index contributed by atoms with van der Waals surface area (Å²) < 4.78 is 0. The molecule has 0 aliphatic rings. The second kappa shape index (κ2) is 8.03. The molecular formula is C19H13ClN2O3S. The fourth-order valence-electron chi connectivity index (χ4n) is 2.24. The lowest BCUT2D eigenvalue weighted by atomic mass is 10.2. The minimum absolute atomic E-state index is 0.0307. The lowest BCUT2D eigenvalue weighted by molar-refractivity contribution is -0.384. The van der Waals surface area contributed by atoms with E-state index in [0.29, 0.717) is 16.3 Å². The summed E-state index contributed by atoms with van der Waals surface area (Å²) >= 11 is 7.22. The number of hydrogen-bond acceptors (Lipinski definition) is 4. The van der Waals surface area contributed by atoms with E-state index in [1.807, 2.05) is 12.1 Å². The quantitative estimate of drug-likeness (QED) is 0.455. The molecule has 0 radical (unpaired) electrons. The number of carbonyl (C=O) groups is 1. The maximum atomic E-state index is 12.6. The molecule has 0 fully saturated rings. The molecule has 0 aliphatic carbocycles. The summed E-state index contributed by atoms with van der Waals surface area (Å²) in [5, 5.41) is 14.2. The van der Waals surface area contributed by atoms with Gasteiger partial charge in [0.15, 0.2) is 0 Å². The van der Waals surface area contributed by atoms with Gasteiger partial charge in [-0.3, -0.25) is 14.9 Å². The van der Waals surface area contributed by atoms with Gasteiger partial charge in [0.1, 0.15) is 0 Å². The van der Waals surface area contributed by atoms with Gasteiger partial charge in [0, 0.05) is 32.6 Å². The molecule has 3 aromatic carbocycles. The Bertz CT molecular complexity index is 944. The van der Waals surface area contributed by atoms with Crippen molar-refractivity contribution >= 4 is 40.6 Å². The zero-order chi connectivity index (χ0) is 18.5. The van der Waals surface area contributed by atoms with Crippen LogP contribution in [0.1, 0.15) is 10.4 Å². The van der Waals surface area contributed by atoms with Crippen molar-refractivity contribution in [1.29, 1.82) is 0 Å². The van der Waals surface area contributed by atoms with Crippen molar-refractivity contribution in [2.45, 2.75) is 9.79 Å². The highest BCUT2D eigenvalue weighted by molar-refractivity contribution is 7.99. The number of amides is 1. The molecule has 0 aliphatic heterocycles. The number of non-ortho nitro benzene ring substituents is 1. The topological polar surface area (TPSA) is 72.2 Å². The molecule has 0 atom stereocenters. The highest BCUT2D eigenvalue weighted by atomic mass is 35.5. The van der Waals surface area contributed by atoms with Gasteiger partial charge in [-0.05, 0) is 48.5 Å². The molecule has 0 saturated carbocycles. The van der Waals surface area contributed by atoms with Crippen LogP contribution in [0.2, 0.25) is 5.02 Å². The van der Waals surface area contributed by atoms with E-state index in [2.05, 4.69) is 5.32 Å². The number of carbonyl (C=O) groups excluding carboxylic acids is 1. The van der Waals surface area contributed by atoms with Crippen LogP contribution < -0.4 is 5.32 Å². The molecule has 0 bridgehead atoms. The Morgan fingerprint density at radius 3 is 2.27 bits per heavy atom. The predicted octanol–water partition coefficient (Wildman–Crippen LogP) is 5.65. The van der Waals surface area contributed by atoms with E-state index in [1.54, 1.807) is 48.5 Å². The second-order valence-electron chi connectivity index (χ2n) is 5.31. The summed E-state index contributed by atoms with van der Waals surface area (Å²) in [6, 6.07) is 20.3. The molecule has 1 N–H and O–H groups in total. The molecule has 7 heteroatoms. The molecule has 3 rings (SSSR count). The van der Waals surface area contributed by atoms with Crippen LogP contribution in [0.15, 0.2) is 82.6 Å². The molecule has 0 unspecified atom stereocenters. The van der Waals surface area contributed by atoms with Gasteiger partial charge >= 0.3 is 0 Å². The third-order valence-corrected chi connectivity index (χ3v) is 4.84. The van der Waals surface area contributed by atoms with E-state index in [4.69, 9.17) is 11.6 Å². The van der Waals surface area contributed by atoms with Crippen LogP contribution in [0.5, 0.6) is 0 Å². The average Bonchev–Trinajstić information content (AvgIpc) is 2.64. The lowest BCUT2D eigenvalue weighted by Gasteiger charge is -2.10. The van der Waals surface area contributed by atoms with Gasteiger partial charge in [0.25, 0.3) is 11.6 Å². The maximum Gasteiger partial charge on any atom is 0.269 e. The Hall–Kier alpha value is -2.83. The smallest absolute Gasteiger partial charge is 0.269 e. The summed E-state index contributed by atoms with van der Waals surface area (Å²) in [4.78, 5) is 24.5. The van der Waals surface area contributed by atoms with Gasteiger partial charge in [0.05, 0.1) is 10.5 Å². The van der Waals surface area contributed by atoms with E-state index < -0.39 is 4.92 Å². The van der Waals surface area contributed by atoms with Crippen molar-refractivity contribution < 1.29 is 9.72 Å². The fourth-order valence-corrected chi connectivity index (χ4v) is 3.31. The molecule has 130 valence electrons. The van der Waals surface area contributed by atoms with Gasteiger partial charge in [-0.25, -0.2) is 0 Å². The van der Waals surface area contributed by atoms with Crippen LogP contribution in [-0.2, 0) is 0 Å². The first-order valence-electron chi connectivity index (χ1n) is 7.61. The molecule has 0 aromatic heterocycles. The molecule has 0 heterocycles. The number of benzene rings is 3. The number of nitrogens with zero attached hydrogens (tertiary/aromatic N) is 1. The molecule has 3 aromatic rings. The van der Waals surface area contributed by atoms with Crippen molar-refractivity contribution in [3.63, 3.8) is 0 Å². The fraction of sp³-hybridized carbons (Fsp3) is 0. The standard InChI is InChI=1S/C19H13ClN2O3S/c20-13-5-7-14(8-6-13)21-19(23)17-3-1-2-4-18(17)26-16-11-9-15(10-12-16)22(24)25/h1-12H,(H,21,23). The summed E-state index contributed by atoms with van der Waals surface area (Å²) in [5.41, 5.74) is 1.20. The van der Waals surface area contributed by atoms with Crippen molar-refractivity contribution in [3.05, 3.63) is 93.5 Å². The summed E-state index contributed by atoms with van der Waals surface area (Å²) in [5.74, 6) is -0.239. The van der Waals surface area contributed by atoms with E-state index in [0.717, 1.165) is 9.79 Å². The minimum Gasteiger partial charge on any atom is -0.322 e. The summed E-state index contributed by atoms with van der Waals surface area (Å²) in [6.45, 7) is 0. The Kier molecular flexibility index (Phi) is 5.55. The number of rotatable bonds is 5. The first kappa shape index (κ1) is 18.0. The molecule has 26 heavy (non-hydrogen) atoms. The largest absolute Gasteiger partial charge is 0.322 e. The molecular weight excluding hydrogens is 372 g/mol. The van der Waals surface area contributed by atoms with Crippen LogP contribution in [0.3, 0.4) is 0 Å². The Balaban J connectivity index is 1.80. The number of halogens is 1. The average molecular weight is 385 g/mol. The highest BCUT2D eigenvalue weighted by Crippen LogP contribution is 2.32. The zero-order valence-electron chi connectivity index (χ0n) is 13.4. The van der Waals surface area contributed by atoms with Crippen LogP contribution in [0, 0.1) is 10.1 Å². The second-order valence-corrected chi connectivity index (χ2v) is 6.86. The minimum atomic E-state index is -0.443. The lowest BCUT2D eigenvalue weighted by Crippen LogP contribution is -2.12. The molecule has 5 nitrogen and oxygen atoms in total. The van der Waals surface area contributed by atoms with E-state index in [9.17, 15) is 14.9 Å². The van der Waals surface area contributed by atoms with E-state index in [1.165, 1.54) is 23.9 Å². The Morgan fingerprint density at radius 1 is 0.962 bits per heavy atom. The Labute approximate surface area is 159 Å². The number of hydrogen-bond donors (Lipinski definition) is 1. The number of nitrogens with one attached hydrogen (secondary N) is 1. The maximum absolute atomic E-state index is 12.6. The highest BCUT2D eigenvalue weighted by Gasteiger charge is 2.13. The number of nitro groups is 1. The normalized spacial score (nSPS) is 10.3. The SMILES string of the molecule is O=C(Nc1ccc(Cl)cc1)c1ccccc1Sc1ccc([N+](=O)[O-])cc1. The van der Waals surface area contributed by atoms with Crippen molar-refractivity contribution in [1.82, 2.24) is 0 Å². The van der Waals surface area contributed by atoms with Gasteiger partial charge in [-0.15, -0.1) is 0 Å². The Morgan fingerprint density at radius 2 is 1.62 bits per heavy atom. The van der Waals surface area contributed by atoms with E-state index in [-0.39, 0.29) is 11.6 Å². The van der Waals surface area contributed by atoms with Crippen LogP contribution in [0.25, 0.3) is 0 Å². The molecule has 1 amide bonds. The third-order valence-electron chi connectivity index (χ3n) is 3.51. The van der Waals surface area contributed by atoms with Crippen molar-refractivity contribution in [2.75, 3.05) is 5.32 Å². The summed E-state index contributed by atoms with van der Waals surface area (Å²) in [6.07, 6.45) is 0. The van der Waals surface area contributed by atoms with E-state index >= 15 is 0 Å². The van der Waals surface area contributed by atoms with Crippen LogP contribution in [0.4, 0.5) is 11.4 Å². The molecule has 0 saturated heterocycles. The predicted molar refractivity (Wildman–Crippen MR) is 103 cm³/mol. The van der Waals surface area contributed by atoms with Crippen molar-refractivity contribution in [2.24, 2.45) is 0 Å². The first-order valence-corrected chi connectivity index (χ1v) is 8.80. The van der Waals surface area contributed by atoms with Gasteiger partial charge in [-0.2, -0.15) is 0 Å². The first-order chi connectivity index (χ1) is 12.5. The van der Waals surface area contributed by atoms with Gasteiger partial charge in [-0.1, -0.05) is 35.5 Å². The van der Waals surface area contributed by atoms with Crippen molar-refractivity contribution in [3.8, 4) is 0 Å². The third kappa shape index (κ3) is 4.41. The van der Waals surface area contributed by atoms with Crippen LogP contribution in [-0.4, -0.2) is 10.8 Å². The molecule has 0 spiro atoms. The number of nitro benzene ring substituents is 1. The van der Waals surface area contributed by atoms with Gasteiger partial charge < -0.3 is 5.32 Å². The summed E-state index contributed by atoms with van der Waals surface area (Å²) in [7, 11) is 0. The van der Waals surface area contributed by atoms with Crippen LogP contribution >= 0.6 is 23.4 Å².